The fraction of sp³-hybridized carbons (Fsp3) is 0.440. The van der Waals surface area contributed by atoms with Crippen molar-refractivity contribution in [1.82, 2.24) is 19.7 Å². The van der Waals surface area contributed by atoms with Crippen LogP contribution in [-0.2, 0) is 22.4 Å². The molecule has 202 valence electrons. The molecule has 2 aromatic heterocycles. The highest BCUT2D eigenvalue weighted by molar-refractivity contribution is 8.32. The number of carboxylic acid groups (broad SMARTS) is 1. The third-order valence-corrected chi connectivity index (χ3v) is 6.75. The van der Waals surface area contributed by atoms with E-state index < -0.39 is 33.3 Å². The zero-order chi connectivity index (χ0) is 27.4. The Morgan fingerprint density at radius 1 is 1.03 bits per heavy atom. The van der Waals surface area contributed by atoms with E-state index >= 15 is 0 Å². The summed E-state index contributed by atoms with van der Waals surface area (Å²) in [5.41, 5.74) is -0.674. The van der Waals surface area contributed by atoms with Crippen molar-refractivity contribution in [3.63, 3.8) is 0 Å². The number of aromatic nitrogens is 4. The number of carboxylic acids is 1. The molecule has 0 unspecified atom stereocenters. The van der Waals surface area contributed by atoms with Crippen LogP contribution >= 0.6 is 10.0 Å². The molecule has 37 heavy (non-hydrogen) atoms. The average Bonchev–Trinajstić information content (AvgIpc) is 3.25. The van der Waals surface area contributed by atoms with Gasteiger partial charge in [-0.1, -0.05) is 0 Å². The molecule has 0 radical (unpaired) electrons. The van der Waals surface area contributed by atoms with Crippen molar-refractivity contribution in [2.75, 3.05) is 37.7 Å². The maximum atomic E-state index is 13.3. The minimum Gasteiger partial charge on any atom is -0.492 e. The van der Waals surface area contributed by atoms with Crippen LogP contribution in [-0.4, -0.2) is 68.6 Å². The summed E-state index contributed by atoms with van der Waals surface area (Å²) in [6, 6.07) is 10.0. The Bertz CT molecular complexity index is 1200. The maximum Gasteiger partial charge on any atom is 0.434 e. The van der Waals surface area contributed by atoms with E-state index in [1.54, 1.807) is 50.2 Å². The zero-order valence-corrected chi connectivity index (χ0v) is 22.2. The second-order valence-electron chi connectivity index (χ2n) is 10.1. The van der Waals surface area contributed by atoms with E-state index in [2.05, 4.69) is 33.9 Å². The first-order chi connectivity index (χ1) is 17.2. The van der Waals surface area contributed by atoms with Gasteiger partial charge in [0.1, 0.15) is 24.8 Å². The molecule has 0 aliphatic carbocycles. The van der Waals surface area contributed by atoms with Gasteiger partial charge in [-0.2, -0.15) is 13.2 Å². The second kappa shape index (κ2) is 11.1. The molecule has 0 bridgehead atoms. The number of hydrogen-bond acceptors (Lipinski definition) is 6. The molecule has 3 aromatic rings. The number of imidazole rings is 1. The Morgan fingerprint density at radius 2 is 1.65 bits per heavy atom. The van der Waals surface area contributed by atoms with Crippen molar-refractivity contribution in [1.29, 1.82) is 0 Å². The van der Waals surface area contributed by atoms with Crippen LogP contribution in [0.2, 0.25) is 0 Å². The third kappa shape index (κ3) is 7.93. The summed E-state index contributed by atoms with van der Waals surface area (Å²) in [7, 11) is -0.790. The van der Waals surface area contributed by atoms with E-state index in [4.69, 9.17) is 9.47 Å². The number of carbonyl (C=O) groups is 1. The van der Waals surface area contributed by atoms with E-state index in [0.717, 1.165) is 11.9 Å². The van der Waals surface area contributed by atoms with Gasteiger partial charge in [-0.3, -0.25) is 4.79 Å². The molecule has 0 saturated carbocycles. The molecule has 0 spiro atoms. The summed E-state index contributed by atoms with van der Waals surface area (Å²) in [5, 5.41) is 17.5. The normalized spacial score (nSPS) is 13.0. The largest absolute Gasteiger partial charge is 0.492 e. The van der Waals surface area contributed by atoms with Gasteiger partial charge in [0, 0.05) is 17.5 Å². The van der Waals surface area contributed by atoms with Crippen molar-refractivity contribution in [2.24, 2.45) is 5.41 Å². The maximum absolute atomic E-state index is 13.3. The first-order valence-corrected chi connectivity index (χ1v) is 14.4. The third-order valence-electron chi connectivity index (χ3n) is 5.36. The van der Waals surface area contributed by atoms with Gasteiger partial charge >= 0.3 is 12.1 Å². The molecule has 1 aromatic carbocycles. The Kier molecular flexibility index (Phi) is 8.53. The predicted molar refractivity (Wildman–Crippen MR) is 137 cm³/mol. The Balaban J connectivity index is 1.75. The molecule has 8 nitrogen and oxygen atoms in total. The van der Waals surface area contributed by atoms with Crippen molar-refractivity contribution in [2.45, 2.75) is 26.8 Å². The van der Waals surface area contributed by atoms with Crippen molar-refractivity contribution in [3.8, 4) is 28.5 Å². The highest BCUT2D eigenvalue weighted by Gasteiger charge is 2.35. The van der Waals surface area contributed by atoms with Gasteiger partial charge in [0.2, 0.25) is 0 Å². The van der Waals surface area contributed by atoms with Crippen LogP contribution in [0.5, 0.6) is 5.75 Å². The van der Waals surface area contributed by atoms with E-state index in [0.29, 0.717) is 23.6 Å². The molecule has 2 heterocycles. The molecule has 0 fully saturated rings. The van der Waals surface area contributed by atoms with Crippen molar-refractivity contribution >= 4 is 16.0 Å². The van der Waals surface area contributed by atoms with Gasteiger partial charge in [0.05, 0.1) is 17.7 Å². The first kappa shape index (κ1) is 28.5. The number of aliphatic carboxylic acids is 1. The van der Waals surface area contributed by atoms with Gasteiger partial charge in [-0.05, 0) is 69.0 Å². The fourth-order valence-corrected chi connectivity index (χ4v) is 3.60. The Hall–Kier alpha value is -3.12. The molecule has 0 aliphatic heterocycles. The predicted octanol–water partition coefficient (Wildman–Crippen LogP) is 5.18. The van der Waals surface area contributed by atoms with Gasteiger partial charge in [0.25, 0.3) is 0 Å². The number of halogens is 3. The lowest BCUT2D eigenvalue weighted by molar-refractivity contribution is -0.148. The van der Waals surface area contributed by atoms with Crippen LogP contribution in [0.1, 0.15) is 19.5 Å². The number of benzene rings is 1. The van der Waals surface area contributed by atoms with E-state index in [9.17, 15) is 23.1 Å². The highest BCUT2D eigenvalue weighted by atomic mass is 32.3. The van der Waals surface area contributed by atoms with Gasteiger partial charge in [-0.15, -0.1) is 10.2 Å². The lowest BCUT2D eigenvalue weighted by Crippen LogP contribution is -2.30. The number of ether oxygens (including phenoxy) is 2. The van der Waals surface area contributed by atoms with Crippen molar-refractivity contribution in [3.05, 3.63) is 48.3 Å². The molecular weight excluding hydrogens is 509 g/mol. The first-order valence-electron chi connectivity index (χ1n) is 11.3. The SMILES string of the molecule is CC(C)(COc1ccc(-c2ccc(-c3nc(C(F)(F)F)cn3COCCS(C)(C)C)nn2)cc1)C(=O)O. The van der Waals surface area contributed by atoms with Gasteiger partial charge in [0.15, 0.2) is 11.5 Å². The van der Waals surface area contributed by atoms with Crippen molar-refractivity contribution < 1.29 is 32.5 Å². The molecule has 12 heteroatoms. The molecule has 1 N–H and O–H groups in total. The van der Waals surface area contributed by atoms with Gasteiger partial charge < -0.3 is 19.1 Å². The lowest BCUT2D eigenvalue weighted by Gasteiger charge is -2.24. The highest BCUT2D eigenvalue weighted by Crippen LogP contribution is 2.34. The monoisotopic (exact) mass is 540 g/mol. The topological polar surface area (TPSA) is 99.4 Å². The van der Waals surface area contributed by atoms with Crippen LogP contribution in [0.15, 0.2) is 42.6 Å². The van der Waals surface area contributed by atoms with E-state index in [1.807, 2.05) is 0 Å². The molecule has 3 rings (SSSR count). The summed E-state index contributed by atoms with van der Waals surface area (Å²) in [5.74, 6) is 0.385. The number of alkyl halides is 3. The van der Waals surface area contributed by atoms with E-state index in [-0.39, 0.29) is 24.9 Å². The molecule has 0 saturated heterocycles. The fourth-order valence-electron chi connectivity index (χ4n) is 2.98. The van der Waals surface area contributed by atoms with Crippen LogP contribution in [0.3, 0.4) is 0 Å². The summed E-state index contributed by atoms with van der Waals surface area (Å²) in [6.45, 7) is 3.49. The summed E-state index contributed by atoms with van der Waals surface area (Å²) < 4.78 is 52.5. The second-order valence-corrected chi connectivity index (χ2v) is 14.6. The van der Waals surface area contributed by atoms with Crippen LogP contribution in [0, 0.1) is 5.41 Å². The number of nitrogens with zero attached hydrogens (tertiary/aromatic N) is 4. The lowest BCUT2D eigenvalue weighted by atomic mass is 9.95. The minimum atomic E-state index is -4.60. The quantitative estimate of drug-likeness (QED) is 0.335. The summed E-state index contributed by atoms with van der Waals surface area (Å²) in [6.07, 6.45) is 2.72. The average molecular weight is 541 g/mol. The smallest absolute Gasteiger partial charge is 0.434 e. The minimum absolute atomic E-state index is 0.00380. The standard InChI is InChI=1S/C25H31F3N4O4S/c1-24(2,23(33)34)15-36-18-8-6-17(7-9-18)19-10-11-20(31-30-19)22-29-21(25(26,27)28)14-32(22)16-35-12-13-37(3,4)5/h6-11,14H,12-13,15-16H2,1-5H3,(H,33,34). The van der Waals surface area contributed by atoms with Crippen LogP contribution in [0.4, 0.5) is 13.2 Å². The summed E-state index contributed by atoms with van der Waals surface area (Å²) >= 11 is 0. The number of hydrogen-bond donors (Lipinski definition) is 1. The van der Waals surface area contributed by atoms with Crippen LogP contribution < -0.4 is 4.74 Å². The van der Waals surface area contributed by atoms with Crippen LogP contribution in [0.25, 0.3) is 22.8 Å². The molecule has 0 aliphatic rings. The summed E-state index contributed by atoms with van der Waals surface area (Å²) in [4.78, 5) is 15.0. The van der Waals surface area contributed by atoms with Gasteiger partial charge in [-0.25, -0.2) is 15.0 Å². The Morgan fingerprint density at radius 3 is 2.19 bits per heavy atom. The molecule has 0 amide bonds. The Labute approximate surface area is 215 Å². The zero-order valence-electron chi connectivity index (χ0n) is 21.4. The number of rotatable bonds is 11. The molecular formula is C25H31F3N4O4S. The van der Waals surface area contributed by atoms with E-state index in [1.165, 1.54) is 4.57 Å². The molecule has 0 atom stereocenters.